The lowest BCUT2D eigenvalue weighted by Crippen LogP contribution is -2.53. The van der Waals surface area contributed by atoms with Crippen LogP contribution in [0, 0.1) is 5.82 Å². The summed E-state index contributed by atoms with van der Waals surface area (Å²) in [5.74, 6) is -1.22. The summed E-state index contributed by atoms with van der Waals surface area (Å²) in [7, 11) is 0. The summed E-state index contributed by atoms with van der Waals surface area (Å²) in [5, 5.41) is 5.49. The van der Waals surface area contributed by atoms with E-state index in [1.807, 2.05) is 0 Å². The molecule has 1 fully saturated rings. The normalized spacial score (nSPS) is 16.2. The van der Waals surface area contributed by atoms with Gasteiger partial charge in [-0.1, -0.05) is 49.2 Å². The minimum atomic E-state index is -4.92. The van der Waals surface area contributed by atoms with Crippen LogP contribution in [-0.4, -0.2) is 17.1 Å². The van der Waals surface area contributed by atoms with Gasteiger partial charge in [-0.05, 0) is 48.2 Å². The number of nitrogens with one attached hydrogen (secondary N) is 2. The zero-order valence-corrected chi connectivity index (χ0v) is 20.0. The molecule has 4 nitrogen and oxygen atoms in total. The highest BCUT2D eigenvalue weighted by Gasteiger charge is 2.41. The van der Waals surface area contributed by atoms with Crippen molar-refractivity contribution in [1.82, 2.24) is 15.6 Å². The molecule has 202 valence electrons. The average molecular weight is 539 g/mol. The number of benzene rings is 2. The fourth-order valence-corrected chi connectivity index (χ4v) is 4.76. The number of hydrogen-bond donors (Lipinski definition) is 2. The first-order valence-corrected chi connectivity index (χ1v) is 11.9. The van der Waals surface area contributed by atoms with Crippen LogP contribution in [0.3, 0.4) is 0 Å². The Balaban J connectivity index is 1.91. The molecular formula is C27H24F7N3O. The van der Waals surface area contributed by atoms with Gasteiger partial charge in [-0.25, -0.2) is 9.18 Å². The fraction of sp³-hybridized carbons (Fsp3) is 0.333. The zero-order valence-electron chi connectivity index (χ0n) is 20.0. The SMILES string of the molecule is O=C(NC1CCCC1)NC(Cc1ccccc1)(c1ccc(C(F)(F)F)nc1)c1cc(F)cc(C(F)(F)F)c1. The van der Waals surface area contributed by atoms with Gasteiger partial charge in [-0.15, -0.1) is 0 Å². The van der Waals surface area contributed by atoms with Crippen LogP contribution in [0.25, 0.3) is 0 Å². The Kier molecular flexibility index (Phi) is 7.66. The van der Waals surface area contributed by atoms with E-state index in [1.165, 1.54) is 0 Å². The van der Waals surface area contributed by atoms with E-state index in [9.17, 15) is 35.5 Å². The summed E-state index contributed by atoms with van der Waals surface area (Å²) in [6.45, 7) is 0. The molecule has 1 aromatic heterocycles. The summed E-state index contributed by atoms with van der Waals surface area (Å²) in [6, 6.07) is 11.0. The van der Waals surface area contributed by atoms with Gasteiger partial charge >= 0.3 is 18.4 Å². The monoisotopic (exact) mass is 539 g/mol. The Labute approximate surface area is 214 Å². The van der Waals surface area contributed by atoms with Gasteiger partial charge in [0.05, 0.1) is 11.1 Å². The molecule has 38 heavy (non-hydrogen) atoms. The van der Waals surface area contributed by atoms with Gasteiger partial charge in [0, 0.05) is 24.2 Å². The molecular weight excluding hydrogens is 515 g/mol. The quantitative estimate of drug-likeness (QED) is 0.332. The molecule has 2 aromatic carbocycles. The Morgan fingerprint density at radius 2 is 1.50 bits per heavy atom. The molecule has 0 spiro atoms. The van der Waals surface area contributed by atoms with Gasteiger partial charge in [0.25, 0.3) is 0 Å². The highest BCUT2D eigenvalue weighted by molar-refractivity contribution is 5.76. The Hall–Kier alpha value is -3.63. The van der Waals surface area contributed by atoms with E-state index in [2.05, 4.69) is 15.6 Å². The highest BCUT2D eigenvalue weighted by atomic mass is 19.4. The largest absolute Gasteiger partial charge is 0.433 e. The third kappa shape index (κ3) is 6.25. The van der Waals surface area contributed by atoms with Crippen molar-refractivity contribution in [3.63, 3.8) is 0 Å². The van der Waals surface area contributed by atoms with Crippen molar-refractivity contribution in [3.8, 4) is 0 Å². The van der Waals surface area contributed by atoms with Gasteiger partial charge in [-0.2, -0.15) is 26.3 Å². The van der Waals surface area contributed by atoms with Crippen LogP contribution in [0.5, 0.6) is 0 Å². The second kappa shape index (κ2) is 10.6. The van der Waals surface area contributed by atoms with E-state index in [0.717, 1.165) is 31.2 Å². The number of urea groups is 1. The molecule has 0 radical (unpaired) electrons. The number of pyridine rings is 1. The lowest BCUT2D eigenvalue weighted by atomic mass is 9.78. The van der Waals surface area contributed by atoms with Gasteiger partial charge in [0.2, 0.25) is 0 Å². The summed E-state index contributed by atoms with van der Waals surface area (Å²) in [4.78, 5) is 16.7. The van der Waals surface area contributed by atoms with Gasteiger partial charge in [-0.3, -0.25) is 4.98 Å². The molecule has 1 saturated carbocycles. The third-order valence-corrected chi connectivity index (χ3v) is 6.59. The average Bonchev–Trinajstić information content (AvgIpc) is 3.36. The Bertz CT molecular complexity index is 1250. The van der Waals surface area contributed by atoms with E-state index in [0.29, 0.717) is 36.6 Å². The third-order valence-electron chi connectivity index (χ3n) is 6.59. The summed E-state index contributed by atoms with van der Waals surface area (Å²) in [6.07, 6.45) is -5.84. The zero-order chi connectivity index (χ0) is 27.6. The van der Waals surface area contributed by atoms with E-state index in [4.69, 9.17) is 0 Å². The van der Waals surface area contributed by atoms with Crippen LogP contribution in [0.15, 0.2) is 66.9 Å². The Morgan fingerprint density at radius 3 is 2.08 bits per heavy atom. The molecule has 1 aliphatic carbocycles. The van der Waals surface area contributed by atoms with Gasteiger partial charge in [0.1, 0.15) is 11.5 Å². The van der Waals surface area contributed by atoms with E-state index < -0.39 is 41.0 Å². The fourth-order valence-electron chi connectivity index (χ4n) is 4.76. The summed E-state index contributed by atoms with van der Waals surface area (Å²) < 4.78 is 95.4. The Morgan fingerprint density at radius 1 is 0.842 bits per heavy atom. The molecule has 3 aromatic rings. The van der Waals surface area contributed by atoms with Gasteiger partial charge in [0.15, 0.2) is 0 Å². The molecule has 1 aliphatic rings. The maximum absolute atomic E-state index is 14.6. The number of aromatic nitrogens is 1. The first-order chi connectivity index (χ1) is 17.9. The van der Waals surface area contributed by atoms with Crippen molar-refractivity contribution in [2.45, 2.75) is 56.0 Å². The molecule has 4 rings (SSSR count). The maximum Gasteiger partial charge on any atom is 0.433 e. The predicted octanol–water partition coefficient (Wildman–Crippen LogP) is 6.99. The van der Waals surface area contributed by atoms with Crippen LogP contribution in [0.1, 0.15) is 53.6 Å². The lowest BCUT2D eigenvalue weighted by Gasteiger charge is -2.37. The van der Waals surface area contributed by atoms with Crippen LogP contribution in [0.4, 0.5) is 35.5 Å². The van der Waals surface area contributed by atoms with Crippen molar-refractivity contribution in [3.05, 3.63) is 101 Å². The molecule has 0 aliphatic heterocycles. The first kappa shape index (κ1) is 27.4. The summed E-state index contributed by atoms with van der Waals surface area (Å²) >= 11 is 0. The molecule has 2 N–H and O–H groups in total. The molecule has 2 amide bonds. The molecule has 1 heterocycles. The predicted molar refractivity (Wildman–Crippen MR) is 125 cm³/mol. The maximum atomic E-state index is 14.6. The van der Waals surface area contributed by atoms with Crippen molar-refractivity contribution in [2.24, 2.45) is 0 Å². The smallest absolute Gasteiger partial charge is 0.335 e. The van der Waals surface area contributed by atoms with E-state index in [-0.39, 0.29) is 23.6 Å². The van der Waals surface area contributed by atoms with Crippen LogP contribution < -0.4 is 10.6 Å². The number of hydrogen-bond acceptors (Lipinski definition) is 2. The van der Waals surface area contributed by atoms with Crippen molar-refractivity contribution < 1.29 is 35.5 Å². The first-order valence-electron chi connectivity index (χ1n) is 11.9. The summed E-state index contributed by atoms with van der Waals surface area (Å²) in [5.41, 5.74) is -4.23. The number of rotatable bonds is 6. The molecule has 11 heteroatoms. The van der Waals surface area contributed by atoms with Crippen LogP contribution in [0.2, 0.25) is 0 Å². The number of alkyl halides is 6. The topological polar surface area (TPSA) is 54.0 Å². The highest BCUT2D eigenvalue weighted by Crippen LogP contribution is 2.39. The number of nitrogens with zero attached hydrogens (tertiary/aromatic N) is 1. The van der Waals surface area contributed by atoms with Crippen LogP contribution in [-0.2, 0) is 24.3 Å². The van der Waals surface area contributed by atoms with Crippen molar-refractivity contribution >= 4 is 6.03 Å². The van der Waals surface area contributed by atoms with E-state index >= 15 is 0 Å². The standard InChI is InChI=1S/C27H24F7N3O/c28-21-13-19(12-20(14-21)26(29,30)31)25(15-17-6-2-1-3-7-17,37-24(38)36-22-8-4-5-9-22)18-10-11-23(35-16-18)27(32,33)34/h1-3,6-7,10-14,16,22H,4-5,8-9,15H2,(H2,36,37,38). The van der Waals surface area contributed by atoms with Crippen molar-refractivity contribution in [2.75, 3.05) is 0 Å². The number of amides is 2. The van der Waals surface area contributed by atoms with Gasteiger partial charge < -0.3 is 10.6 Å². The second-order valence-electron chi connectivity index (χ2n) is 9.30. The van der Waals surface area contributed by atoms with Crippen LogP contribution >= 0.6 is 0 Å². The van der Waals surface area contributed by atoms with Crippen molar-refractivity contribution in [1.29, 1.82) is 0 Å². The molecule has 1 unspecified atom stereocenters. The molecule has 1 atom stereocenters. The molecule has 0 saturated heterocycles. The van der Waals surface area contributed by atoms with E-state index in [1.54, 1.807) is 30.3 Å². The number of halogens is 7. The lowest BCUT2D eigenvalue weighted by molar-refractivity contribution is -0.141. The number of carbonyl (C=O) groups excluding carboxylic acids is 1. The minimum Gasteiger partial charge on any atom is -0.335 e. The minimum absolute atomic E-state index is 0.0466. The number of carbonyl (C=O) groups is 1. The molecule has 0 bridgehead atoms. The second-order valence-corrected chi connectivity index (χ2v) is 9.30.